The van der Waals surface area contributed by atoms with Gasteiger partial charge in [0.15, 0.2) is 0 Å². The maximum Gasteiger partial charge on any atom is 0.333 e. The Morgan fingerprint density at radius 1 is 1.03 bits per heavy atom. The quantitative estimate of drug-likeness (QED) is 0.334. The Hall–Kier alpha value is -4.24. The van der Waals surface area contributed by atoms with Crippen LogP contribution in [-0.2, 0) is 0 Å². The maximum absolute atomic E-state index is 13.8. The van der Waals surface area contributed by atoms with E-state index in [9.17, 15) is 18.4 Å². The molecular weight excluding hydrogens is 514 g/mol. The van der Waals surface area contributed by atoms with Crippen molar-refractivity contribution in [1.82, 2.24) is 14.5 Å². The minimum atomic E-state index is -2.75. The molecule has 3 heterocycles. The molecule has 1 aliphatic rings. The van der Waals surface area contributed by atoms with Gasteiger partial charge in [-0.2, -0.15) is 0 Å². The number of fused-ring (bicyclic) bond motifs is 2. The summed E-state index contributed by atoms with van der Waals surface area (Å²) >= 11 is 6.39. The Morgan fingerprint density at radius 2 is 1.87 bits per heavy atom. The lowest BCUT2D eigenvalue weighted by Crippen LogP contribution is -2.33. The summed E-state index contributed by atoms with van der Waals surface area (Å²) < 4.78 is 34.0. The van der Waals surface area contributed by atoms with Gasteiger partial charge in [0.05, 0.1) is 36.4 Å². The lowest BCUT2D eigenvalue weighted by atomic mass is 10.0. The highest BCUT2D eigenvalue weighted by Crippen LogP contribution is 2.34. The van der Waals surface area contributed by atoms with Gasteiger partial charge in [-0.15, -0.1) is 0 Å². The van der Waals surface area contributed by atoms with E-state index in [1.54, 1.807) is 72.8 Å². The summed E-state index contributed by atoms with van der Waals surface area (Å²) in [5.41, 5.74) is 1.42. The molecule has 5 aromatic rings. The SMILES string of the molecule is COc1ccc(Cl)c(-c2ccc3c(=O)n(-c4cncc5ccc(N6CCC(F)(F)C6)cc45)c(=O)[nH]c3c2)c1. The van der Waals surface area contributed by atoms with Crippen LogP contribution in [0.4, 0.5) is 14.5 Å². The fourth-order valence-electron chi connectivity index (χ4n) is 4.92. The van der Waals surface area contributed by atoms with E-state index in [-0.39, 0.29) is 25.2 Å². The lowest BCUT2D eigenvalue weighted by molar-refractivity contribution is 0.0257. The molecular formula is C28H21ClF2N4O3. The molecule has 0 spiro atoms. The first-order chi connectivity index (χ1) is 18.2. The van der Waals surface area contributed by atoms with E-state index in [0.29, 0.717) is 49.3 Å². The van der Waals surface area contributed by atoms with Gasteiger partial charge in [0.1, 0.15) is 5.75 Å². The fourth-order valence-corrected chi connectivity index (χ4v) is 5.15. The average Bonchev–Trinajstić information content (AvgIpc) is 3.28. The zero-order valence-corrected chi connectivity index (χ0v) is 20.9. The highest BCUT2D eigenvalue weighted by molar-refractivity contribution is 6.33. The zero-order chi connectivity index (χ0) is 26.6. The van der Waals surface area contributed by atoms with Gasteiger partial charge in [-0.05, 0) is 48.0 Å². The molecule has 0 unspecified atom stereocenters. The molecule has 1 saturated heterocycles. The number of H-pyrrole nitrogens is 1. The van der Waals surface area contributed by atoms with Gasteiger partial charge in [-0.3, -0.25) is 9.78 Å². The molecule has 3 aromatic carbocycles. The Morgan fingerprint density at radius 3 is 2.63 bits per heavy atom. The maximum atomic E-state index is 13.8. The molecule has 10 heteroatoms. The predicted molar refractivity (Wildman–Crippen MR) is 144 cm³/mol. The lowest BCUT2D eigenvalue weighted by Gasteiger charge is -2.19. The molecule has 0 bridgehead atoms. The minimum absolute atomic E-state index is 0.217. The van der Waals surface area contributed by atoms with Crippen LogP contribution in [0, 0.1) is 0 Å². The number of methoxy groups -OCH3 is 1. The number of pyridine rings is 1. The standard InChI is InChI=1S/C28H21ClF2N4O3/c1-38-19-5-7-23(29)21(12-19)16-3-6-20-24(10-16)33-27(37)35(26(20)36)25-14-32-13-17-2-4-18(11-22(17)25)34-9-8-28(30,31)15-34/h2-7,10-14H,8-9,15H2,1H3,(H,33,37). The average molecular weight is 535 g/mol. The zero-order valence-electron chi connectivity index (χ0n) is 20.2. The number of aromatic nitrogens is 3. The first-order valence-corrected chi connectivity index (χ1v) is 12.3. The van der Waals surface area contributed by atoms with Gasteiger partial charge < -0.3 is 14.6 Å². The summed E-state index contributed by atoms with van der Waals surface area (Å²) in [6.07, 6.45) is 2.81. The van der Waals surface area contributed by atoms with Crippen molar-refractivity contribution < 1.29 is 13.5 Å². The Balaban J connectivity index is 1.49. The molecule has 0 saturated carbocycles. The number of alkyl halides is 2. The molecule has 6 rings (SSSR count). The van der Waals surface area contributed by atoms with Crippen LogP contribution >= 0.6 is 11.6 Å². The predicted octanol–water partition coefficient (Wildman–Crippen LogP) is 5.40. The van der Waals surface area contributed by atoms with Gasteiger partial charge in [0, 0.05) is 46.2 Å². The molecule has 1 aliphatic heterocycles. The van der Waals surface area contributed by atoms with E-state index in [1.165, 1.54) is 6.20 Å². The first kappa shape index (κ1) is 24.1. The summed E-state index contributed by atoms with van der Waals surface area (Å²) in [5.74, 6) is -2.13. The summed E-state index contributed by atoms with van der Waals surface area (Å²) in [7, 11) is 1.55. The highest BCUT2D eigenvalue weighted by atomic mass is 35.5. The first-order valence-electron chi connectivity index (χ1n) is 11.9. The molecule has 7 nitrogen and oxygen atoms in total. The normalized spacial score (nSPS) is 14.9. The second kappa shape index (κ2) is 8.95. The number of halogens is 3. The van der Waals surface area contributed by atoms with Crippen LogP contribution in [0.1, 0.15) is 6.42 Å². The molecule has 38 heavy (non-hydrogen) atoms. The number of ether oxygens (including phenoxy) is 1. The molecule has 192 valence electrons. The number of nitrogens with one attached hydrogen (secondary N) is 1. The Kier molecular flexibility index (Phi) is 5.68. The van der Waals surface area contributed by atoms with Crippen LogP contribution in [0.2, 0.25) is 5.02 Å². The summed E-state index contributed by atoms with van der Waals surface area (Å²) in [6, 6.07) is 15.5. The number of hydrogen-bond acceptors (Lipinski definition) is 5. The van der Waals surface area contributed by atoms with Crippen LogP contribution < -0.4 is 20.9 Å². The third-order valence-electron chi connectivity index (χ3n) is 6.88. The molecule has 1 fully saturated rings. The van der Waals surface area contributed by atoms with E-state index < -0.39 is 17.2 Å². The number of hydrogen-bond donors (Lipinski definition) is 1. The van der Waals surface area contributed by atoms with Crippen LogP contribution in [-0.4, -0.2) is 40.7 Å². The van der Waals surface area contributed by atoms with Crippen LogP contribution in [0.25, 0.3) is 38.5 Å². The summed E-state index contributed by atoms with van der Waals surface area (Å²) in [5, 5.41) is 2.01. The number of rotatable bonds is 4. The third kappa shape index (κ3) is 4.09. The number of nitrogens with zero attached hydrogens (tertiary/aromatic N) is 3. The van der Waals surface area contributed by atoms with Gasteiger partial charge in [-0.1, -0.05) is 23.7 Å². The Bertz CT molecular complexity index is 1850. The van der Waals surface area contributed by atoms with Crippen LogP contribution in [0.3, 0.4) is 0 Å². The third-order valence-corrected chi connectivity index (χ3v) is 7.21. The molecule has 1 N–H and O–H groups in total. The van der Waals surface area contributed by atoms with E-state index in [2.05, 4.69) is 9.97 Å². The number of aromatic amines is 1. The van der Waals surface area contributed by atoms with Gasteiger partial charge in [0.2, 0.25) is 0 Å². The summed E-state index contributed by atoms with van der Waals surface area (Å²) in [4.78, 5) is 35.5. The smallest absolute Gasteiger partial charge is 0.333 e. The van der Waals surface area contributed by atoms with Gasteiger partial charge in [0.25, 0.3) is 11.5 Å². The Labute approximate surface area is 219 Å². The molecule has 2 aromatic heterocycles. The topological polar surface area (TPSA) is 80.2 Å². The summed E-state index contributed by atoms with van der Waals surface area (Å²) in [6.45, 7) is -0.163. The van der Waals surface area contributed by atoms with Crippen LogP contribution in [0.5, 0.6) is 5.75 Å². The van der Waals surface area contributed by atoms with Crippen molar-refractivity contribution in [2.75, 3.05) is 25.1 Å². The number of benzene rings is 3. The van der Waals surface area contributed by atoms with Crippen molar-refractivity contribution in [2.24, 2.45) is 0 Å². The molecule has 0 amide bonds. The van der Waals surface area contributed by atoms with Crippen molar-refractivity contribution in [3.05, 3.63) is 92.9 Å². The number of anilines is 1. The molecule has 0 aliphatic carbocycles. The second-order valence-electron chi connectivity index (χ2n) is 9.27. The van der Waals surface area contributed by atoms with E-state index in [1.807, 2.05) is 0 Å². The molecule has 0 atom stereocenters. The van der Waals surface area contributed by atoms with Crippen molar-refractivity contribution in [1.29, 1.82) is 0 Å². The second-order valence-corrected chi connectivity index (χ2v) is 9.68. The fraction of sp³-hybridized carbons (Fsp3) is 0.179. The largest absolute Gasteiger partial charge is 0.497 e. The van der Waals surface area contributed by atoms with Crippen molar-refractivity contribution in [3.8, 4) is 22.6 Å². The van der Waals surface area contributed by atoms with E-state index in [4.69, 9.17) is 16.3 Å². The molecule has 0 radical (unpaired) electrons. The minimum Gasteiger partial charge on any atom is -0.497 e. The monoisotopic (exact) mass is 534 g/mol. The van der Waals surface area contributed by atoms with Crippen LogP contribution in [0.15, 0.2) is 76.6 Å². The van der Waals surface area contributed by atoms with Gasteiger partial charge >= 0.3 is 5.69 Å². The highest BCUT2D eigenvalue weighted by Gasteiger charge is 2.38. The van der Waals surface area contributed by atoms with Crippen molar-refractivity contribution in [2.45, 2.75) is 12.3 Å². The van der Waals surface area contributed by atoms with E-state index >= 15 is 0 Å². The van der Waals surface area contributed by atoms with E-state index in [0.717, 1.165) is 4.57 Å². The van der Waals surface area contributed by atoms with Crippen molar-refractivity contribution >= 4 is 39.0 Å². The van der Waals surface area contributed by atoms with Gasteiger partial charge in [-0.25, -0.2) is 18.1 Å². The van der Waals surface area contributed by atoms with Crippen molar-refractivity contribution in [3.63, 3.8) is 0 Å².